The highest BCUT2D eigenvalue weighted by Gasteiger charge is 2.45. The van der Waals surface area contributed by atoms with Gasteiger partial charge in [0.25, 0.3) is 5.91 Å². The van der Waals surface area contributed by atoms with Crippen molar-refractivity contribution in [3.8, 4) is 0 Å². The van der Waals surface area contributed by atoms with Gasteiger partial charge in [0.05, 0.1) is 16.6 Å². The Hall–Kier alpha value is -1.79. The van der Waals surface area contributed by atoms with E-state index in [2.05, 4.69) is 5.32 Å². The van der Waals surface area contributed by atoms with Crippen molar-refractivity contribution in [1.82, 2.24) is 10.2 Å². The molecule has 1 atom stereocenters. The number of nitrogens with one attached hydrogen (secondary N) is 1. The minimum Gasteiger partial charge on any atom is -0.480 e. The standard InChI is InChI=1S/C15H16Cl2N2O4/c1-15(14(22)23)5-2-6-19(15)12(20)8-18-13(21)9-3-4-10(16)11(17)7-9/h3-4,7H,2,5-6,8H2,1H3,(H,18,21)(H,22,23). The molecule has 23 heavy (non-hydrogen) atoms. The molecule has 1 aliphatic rings. The molecular weight excluding hydrogens is 343 g/mol. The normalized spacial score (nSPS) is 20.4. The van der Waals surface area contributed by atoms with Gasteiger partial charge < -0.3 is 15.3 Å². The zero-order valence-corrected chi connectivity index (χ0v) is 13.9. The first-order chi connectivity index (χ1) is 10.8. The van der Waals surface area contributed by atoms with E-state index in [1.165, 1.54) is 30.0 Å². The number of halogens is 2. The van der Waals surface area contributed by atoms with Crippen LogP contribution >= 0.6 is 23.2 Å². The number of carboxylic acids is 1. The van der Waals surface area contributed by atoms with Crippen LogP contribution in [0.3, 0.4) is 0 Å². The van der Waals surface area contributed by atoms with Crippen LogP contribution in [-0.4, -0.2) is 46.4 Å². The first kappa shape index (κ1) is 17.6. The molecule has 0 radical (unpaired) electrons. The number of nitrogens with zero attached hydrogens (tertiary/aromatic N) is 1. The molecule has 1 aromatic carbocycles. The zero-order valence-electron chi connectivity index (χ0n) is 12.4. The molecule has 1 fully saturated rings. The quantitative estimate of drug-likeness (QED) is 0.863. The Morgan fingerprint density at radius 1 is 1.30 bits per heavy atom. The molecule has 2 rings (SSSR count). The largest absolute Gasteiger partial charge is 0.480 e. The highest BCUT2D eigenvalue weighted by Crippen LogP contribution is 2.29. The molecular formula is C15H16Cl2N2O4. The summed E-state index contributed by atoms with van der Waals surface area (Å²) >= 11 is 11.6. The van der Waals surface area contributed by atoms with Gasteiger partial charge >= 0.3 is 5.97 Å². The van der Waals surface area contributed by atoms with Crippen molar-refractivity contribution < 1.29 is 19.5 Å². The molecule has 1 aromatic rings. The summed E-state index contributed by atoms with van der Waals surface area (Å²) in [5.41, 5.74) is -0.944. The summed E-state index contributed by atoms with van der Waals surface area (Å²) in [6, 6.07) is 4.38. The molecule has 2 N–H and O–H groups in total. The first-order valence-electron chi connectivity index (χ1n) is 7.03. The molecule has 1 heterocycles. The second-order valence-electron chi connectivity index (χ2n) is 5.54. The van der Waals surface area contributed by atoms with Crippen LogP contribution in [0.4, 0.5) is 0 Å². The first-order valence-corrected chi connectivity index (χ1v) is 7.78. The number of carbonyl (C=O) groups is 3. The lowest BCUT2D eigenvalue weighted by molar-refractivity contribution is -0.154. The van der Waals surface area contributed by atoms with E-state index in [9.17, 15) is 19.5 Å². The summed E-state index contributed by atoms with van der Waals surface area (Å²) in [6.45, 7) is 1.60. The Kier molecular flexibility index (Phi) is 5.16. The SMILES string of the molecule is CC1(C(=O)O)CCCN1C(=O)CNC(=O)c1ccc(Cl)c(Cl)c1. The topological polar surface area (TPSA) is 86.7 Å². The number of carbonyl (C=O) groups excluding carboxylic acids is 2. The second kappa shape index (κ2) is 6.76. The van der Waals surface area contributed by atoms with E-state index in [0.29, 0.717) is 24.4 Å². The Balaban J connectivity index is 2.00. The fraction of sp³-hybridized carbons (Fsp3) is 0.400. The highest BCUT2D eigenvalue weighted by atomic mass is 35.5. The number of carboxylic acid groups (broad SMARTS) is 1. The van der Waals surface area contributed by atoms with Crippen molar-refractivity contribution in [3.05, 3.63) is 33.8 Å². The monoisotopic (exact) mass is 358 g/mol. The van der Waals surface area contributed by atoms with E-state index in [1.54, 1.807) is 0 Å². The van der Waals surface area contributed by atoms with Crippen LogP contribution in [0.5, 0.6) is 0 Å². The smallest absolute Gasteiger partial charge is 0.329 e. The second-order valence-corrected chi connectivity index (χ2v) is 6.35. The molecule has 0 aromatic heterocycles. The van der Waals surface area contributed by atoms with Gasteiger partial charge in [0.2, 0.25) is 5.91 Å². The van der Waals surface area contributed by atoms with Crippen molar-refractivity contribution in [3.63, 3.8) is 0 Å². The molecule has 1 saturated heterocycles. The van der Waals surface area contributed by atoms with Gasteiger partial charge in [0.1, 0.15) is 5.54 Å². The zero-order chi connectivity index (χ0) is 17.2. The van der Waals surface area contributed by atoms with Gasteiger partial charge in [-0.1, -0.05) is 23.2 Å². The van der Waals surface area contributed by atoms with E-state index in [4.69, 9.17) is 23.2 Å². The van der Waals surface area contributed by atoms with Crippen molar-refractivity contribution in [2.75, 3.05) is 13.1 Å². The van der Waals surface area contributed by atoms with Gasteiger partial charge in [-0.2, -0.15) is 0 Å². The summed E-state index contributed by atoms with van der Waals surface area (Å²) in [4.78, 5) is 36.9. The predicted octanol–water partition coefficient (Wildman–Crippen LogP) is 2.19. The third-order valence-electron chi connectivity index (χ3n) is 3.98. The van der Waals surface area contributed by atoms with Crippen LogP contribution in [0.25, 0.3) is 0 Å². The summed E-state index contributed by atoms with van der Waals surface area (Å²) in [6.07, 6.45) is 1.02. The number of aliphatic carboxylic acids is 1. The molecule has 1 aliphatic heterocycles. The number of amides is 2. The fourth-order valence-corrected chi connectivity index (χ4v) is 2.87. The third kappa shape index (κ3) is 3.59. The number of likely N-dealkylation sites (tertiary alicyclic amines) is 1. The molecule has 0 saturated carbocycles. The molecule has 8 heteroatoms. The van der Waals surface area contributed by atoms with Gasteiger partial charge in [0.15, 0.2) is 0 Å². The van der Waals surface area contributed by atoms with Gasteiger partial charge in [-0.05, 0) is 38.0 Å². The number of benzene rings is 1. The Morgan fingerprint density at radius 2 is 2.00 bits per heavy atom. The van der Waals surface area contributed by atoms with E-state index in [0.717, 1.165) is 0 Å². The molecule has 0 aliphatic carbocycles. The molecule has 1 unspecified atom stereocenters. The molecule has 2 amide bonds. The minimum atomic E-state index is -1.22. The molecule has 0 bridgehead atoms. The maximum Gasteiger partial charge on any atom is 0.329 e. The third-order valence-corrected chi connectivity index (χ3v) is 4.72. The van der Waals surface area contributed by atoms with Crippen molar-refractivity contribution in [2.45, 2.75) is 25.3 Å². The summed E-state index contributed by atoms with van der Waals surface area (Å²) in [5, 5.41) is 12.3. The average molecular weight is 359 g/mol. The lowest BCUT2D eigenvalue weighted by Crippen LogP contribution is -2.53. The van der Waals surface area contributed by atoms with E-state index < -0.39 is 23.3 Å². The average Bonchev–Trinajstić information content (AvgIpc) is 2.90. The predicted molar refractivity (Wildman–Crippen MR) is 85.8 cm³/mol. The van der Waals surface area contributed by atoms with Gasteiger partial charge in [-0.3, -0.25) is 9.59 Å². The maximum absolute atomic E-state index is 12.2. The molecule has 0 spiro atoms. The van der Waals surface area contributed by atoms with Crippen LogP contribution in [0.1, 0.15) is 30.1 Å². The fourth-order valence-electron chi connectivity index (χ4n) is 2.58. The van der Waals surface area contributed by atoms with Gasteiger partial charge in [-0.15, -0.1) is 0 Å². The maximum atomic E-state index is 12.2. The van der Waals surface area contributed by atoms with Crippen molar-refractivity contribution in [1.29, 1.82) is 0 Å². The van der Waals surface area contributed by atoms with Crippen LogP contribution in [0.15, 0.2) is 18.2 Å². The molecule has 6 nitrogen and oxygen atoms in total. The van der Waals surface area contributed by atoms with E-state index in [-0.39, 0.29) is 17.1 Å². The van der Waals surface area contributed by atoms with Crippen molar-refractivity contribution in [2.24, 2.45) is 0 Å². The Bertz CT molecular complexity index is 665. The lowest BCUT2D eigenvalue weighted by atomic mass is 9.99. The van der Waals surface area contributed by atoms with E-state index >= 15 is 0 Å². The van der Waals surface area contributed by atoms with Gasteiger partial charge in [-0.25, -0.2) is 4.79 Å². The highest BCUT2D eigenvalue weighted by molar-refractivity contribution is 6.42. The van der Waals surface area contributed by atoms with Crippen LogP contribution in [-0.2, 0) is 9.59 Å². The van der Waals surface area contributed by atoms with Gasteiger partial charge in [0, 0.05) is 12.1 Å². The number of rotatable bonds is 4. The lowest BCUT2D eigenvalue weighted by Gasteiger charge is -2.31. The van der Waals surface area contributed by atoms with E-state index in [1.807, 2.05) is 0 Å². The van der Waals surface area contributed by atoms with Crippen LogP contribution < -0.4 is 5.32 Å². The molecule has 124 valence electrons. The Morgan fingerprint density at radius 3 is 2.61 bits per heavy atom. The summed E-state index contributed by atoms with van der Waals surface area (Å²) in [7, 11) is 0. The van der Waals surface area contributed by atoms with Crippen LogP contribution in [0.2, 0.25) is 10.0 Å². The minimum absolute atomic E-state index is 0.239. The van der Waals surface area contributed by atoms with Crippen molar-refractivity contribution >= 4 is 41.0 Å². The summed E-state index contributed by atoms with van der Waals surface area (Å²) < 4.78 is 0. The van der Waals surface area contributed by atoms with Crippen LogP contribution in [0, 0.1) is 0 Å². The number of hydrogen-bond donors (Lipinski definition) is 2. The summed E-state index contributed by atoms with van der Waals surface area (Å²) in [5.74, 6) is -1.95. The Labute approximate surface area is 143 Å². The number of hydrogen-bond acceptors (Lipinski definition) is 3.